The molecule has 0 saturated heterocycles. The molecule has 0 aromatic carbocycles. The number of nitriles is 1. The second-order valence-electron chi connectivity index (χ2n) is 2.27. The monoisotopic (exact) mass is 185 g/mol. The molecule has 6 heteroatoms. The van der Waals surface area contributed by atoms with Gasteiger partial charge in [0.2, 0.25) is 5.43 Å². The molecule has 0 atom stereocenters. The zero-order chi connectivity index (χ0) is 10.0. The van der Waals surface area contributed by atoms with Crippen LogP contribution in [-0.2, 0) is 0 Å². The van der Waals surface area contributed by atoms with Gasteiger partial charge in [-0.15, -0.1) is 0 Å². The molecule has 0 aliphatic rings. The maximum absolute atomic E-state index is 12.2. The fraction of sp³-hybridized carbons (Fsp3) is 0.143. The summed E-state index contributed by atoms with van der Waals surface area (Å²) in [6.07, 6.45) is -1.94. The summed E-state index contributed by atoms with van der Waals surface area (Å²) in [5.41, 5.74) is 2.69. The second kappa shape index (κ2) is 3.23. The number of nitrogens with zero attached hydrogens (tertiary/aromatic N) is 1. The van der Waals surface area contributed by atoms with Crippen LogP contribution < -0.4 is 11.2 Å². The number of pyridine rings is 1. The van der Waals surface area contributed by atoms with E-state index in [1.165, 1.54) is 6.07 Å². The Morgan fingerprint density at radius 3 is 2.69 bits per heavy atom. The Bertz CT molecular complexity index is 419. The Balaban J connectivity index is 3.51. The van der Waals surface area contributed by atoms with Crippen LogP contribution in [0.4, 0.5) is 14.5 Å². The van der Waals surface area contributed by atoms with Crippen molar-refractivity contribution in [3.63, 3.8) is 0 Å². The Hall–Kier alpha value is -1.90. The van der Waals surface area contributed by atoms with Crippen LogP contribution in [0.25, 0.3) is 0 Å². The lowest BCUT2D eigenvalue weighted by Gasteiger charge is -2.02. The zero-order valence-corrected chi connectivity index (χ0v) is 6.34. The highest BCUT2D eigenvalue weighted by Gasteiger charge is 2.17. The van der Waals surface area contributed by atoms with Crippen molar-refractivity contribution in [2.24, 2.45) is 0 Å². The smallest absolute Gasteiger partial charge is 0.279 e. The SMILES string of the molecule is N#Cc1c(C(F)F)[nH]cc(N)c1=O. The minimum Gasteiger partial charge on any atom is -0.394 e. The van der Waals surface area contributed by atoms with Crippen molar-refractivity contribution in [1.29, 1.82) is 5.26 Å². The highest BCUT2D eigenvalue weighted by molar-refractivity contribution is 5.45. The summed E-state index contributed by atoms with van der Waals surface area (Å²) in [4.78, 5) is 13.1. The average Bonchev–Trinajstić information content (AvgIpc) is 2.09. The first-order valence-corrected chi connectivity index (χ1v) is 3.27. The third kappa shape index (κ3) is 1.49. The summed E-state index contributed by atoms with van der Waals surface area (Å²) < 4.78 is 24.3. The quantitative estimate of drug-likeness (QED) is 0.677. The molecule has 3 N–H and O–H groups in total. The number of hydrogen-bond donors (Lipinski definition) is 2. The summed E-state index contributed by atoms with van der Waals surface area (Å²) in [5.74, 6) is 0. The number of hydrogen-bond acceptors (Lipinski definition) is 3. The van der Waals surface area contributed by atoms with Crippen LogP contribution in [-0.4, -0.2) is 4.98 Å². The fourth-order valence-corrected chi connectivity index (χ4v) is 0.843. The van der Waals surface area contributed by atoms with E-state index in [1.54, 1.807) is 0 Å². The Labute approximate surface area is 71.6 Å². The van der Waals surface area contributed by atoms with E-state index in [-0.39, 0.29) is 5.69 Å². The van der Waals surface area contributed by atoms with E-state index in [9.17, 15) is 13.6 Å². The van der Waals surface area contributed by atoms with E-state index in [0.717, 1.165) is 6.20 Å². The molecule has 0 unspecified atom stereocenters. The van der Waals surface area contributed by atoms with Crippen LogP contribution in [0, 0.1) is 11.3 Å². The predicted octanol–water partition coefficient (Wildman–Crippen LogP) is 0.766. The summed E-state index contributed by atoms with van der Waals surface area (Å²) in [5, 5.41) is 8.41. The molecule has 1 aromatic heterocycles. The number of anilines is 1. The highest BCUT2D eigenvalue weighted by Crippen LogP contribution is 2.18. The van der Waals surface area contributed by atoms with E-state index in [0.29, 0.717) is 0 Å². The minimum absolute atomic E-state index is 0.249. The molecule has 0 bridgehead atoms. The van der Waals surface area contributed by atoms with Crippen LogP contribution in [0.15, 0.2) is 11.0 Å². The Morgan fingerprint density at radius 2 is 2.23 bits per heavy atom. The summed E-state index contributed by atoms with van der Waals surface area (Å²) in [6.45, 7) is 0. The summed E-state index contributed by atoms with van der Waals surface area (Å²) in [6, 6.07) is 1.38. The lowest BCUT2D eigenvalue weighted by atomic mass is 10.2. The molecule has 0 fully saturated rings. The third-order valence-corrected chi connectivity index (χ3v) is 1.47. The van der Waals surface area contributed by atoms with Gasteiger partial charge in [-0.2, -0.15) is 5.26 Å². The van der Waals surface area contributed by atoms with Crippen LogP contribution in [0.2, 0.25) is 0 Å². The molecule has 0 radical (unpaired) electrons. The number of halogens is 2. The van der Waals surface area contributed by atoms with Crippen LogP contribution in [0.3, 0.4) is 0 Å². The van der Waals surface area contributed by atoms with E-state index in [1.807, 2.05) is 0 Å². The van der Waals surface area contributed by atoms with Gasteiger partial charge in [-0.1, -0.05) is 0 Å². The van der Waals surface area contributed by atoms with Crippen molar-refractivity contribution in [1.82, 2.24) is 4.98 Å². The van der Waals surface area contributed by atoms with Crippen molar-refractivity contribution < 1.29 is 8.78 Å². The van der Waals surface area contributed by atoms with E-state index in [4.69, 9.17) is 11.0 Å². The maximum atomic E-state index is 12.2. The molecule has 0 aliphatic heterocycles. The third-order valence-electron chi connectivity index (χ3n) is 1.47. The minimum atomic E-state index is -2.89. The molecule has 0 saturated carbocycles. The topological polar surface area (TPSA) is 82.7 Å². The molecule has 13 heavy (non-hydrogen) atoms. The number of nitrogens with two attached hydrogens (primary N) is 1. The van der Waals surface area contributed by atoms with Gasteiger partial charge in [0.25, 0.3) is 6.43 Å². The lowest BCUT2D eigenvalue weighted by molar-refractivity contribution is 0.145. The number of H-pyrrole nitrogens is 1. The number of aromatic nitrogens is 1. The Morgan fingerprint density at radius 1 is 1.62 bits per heavy atom. The van der Waals surface area contributed by atoms with Gasteiger partial charge in [-0.05, 0) is 0 Å². The molecular weight excluding hydrogens is 180 g/mol. The van der Waals surface area contributed by atoms with Crippen LogP contribution in [0.5, 0.6) is 0 Å². The Kier molecular flexibility index (Phi) is 2.28. The first-order chi connectivity index (χ1) is 6.07. The zero-order valence-electron chi connectivity index (χ0n) is 6.34. The van der Waals surface area contributed by atoms with E-state index >= 15 is 0 Å². The van der Waals surface area contributed by atoms with Crippen LogP contribution in [0.1, 0.15) is 17.7 Å². The second-order valence-corrected chi connectivity index (χ2v) is 2.27. The van der Waals surface area contributed by atoms with Crippen molar-refractivity contribution >= 4 is 5.69 Å². The molecule has 1 rings (SSSR count). The molecule has 1 aromatic rings. The number of alkyl halides is 2. The van der Waals surface area contributed by atoms with Gasteiger partial charge in [0.15, 0.2) is 0 Å². The molecule has 0 aliphatic carbocycles. The molecule has 4 nitrogen and oxygen atoms in total. The van der Waals surface area contributed by atoms with Gasteiger partial charge in [-0.3, -0.25) is 4.79 Å². The van der Waals surface area contributed by atoms with Gasteiger partial charge < -0.3 is 10.7 Å². The first kappa shape index (κ1) is 9.19. The maximum Gasteiger partial charge on any atom is 0.279 e. The number of aromatic amines is 1. The van der Waals surface area contributed by atoms with Crippen molar-refractivity contribution in [3.8, 4) is 6.07 Å². The number of nitrogens with one attached hydrogen (secondary N) is 1. The van der Waals surface area contributed by atoms with Gasteiger partial charge in [0, 0.05) is 6.20 Å². The highest BCUT2D eigenvalue weighted by atomic mass is 19.3. The van der Waals surface area contributed by atoms with Gasteiger partial charge in [0.1, 0.15) is 17.3 Å². The fourth-order valence-electron chi connectivity index (χ4n) is 0.843. The lowest BCUT2D eigenvalue weighted by Crippen LogP contribution is -2.15. The van der Waals surface area contributed by atoms with Crippen molar-refractivity contribution in [2.75, 3.05) is 5.73 Å². The van der Waals surface area contributed by atoms with E-state index in [2.05, 4.69) is 4.98 Å². The number of nitrogen functional groups attached to an aromatic ring is 1. The standard InChI is InChI=1S/C7H5F2N3O/c8-7(9)5-3(1-10)6(13)4(11)2-12-5/h2,7H,11H2,(H,12,13). The van der Waals surface area contributed by atoms with Gasteiger partial charge in [0.05, 0.1) is 5.69 Å². The summed E-state index contributed by atoms with van der Waals surface area (Å²) >= 11 is 0. The molecule has 68 valence electrons. The van der Waals surface area contributed by atoms with Gasteiger partial charge >= 0.3 is 0 Å². The van der Waals surface area contributed by atoms with Crippen LogP contribution >= 0.6 is 0 Å². The predicted molar refractivity (Wildman–Crippen MR) is 41.1 cm³/mol. The van der Waals surface area contributed by atoms with Gasteiger partial charge in [-0.25, -0.2) is 8.78 Å². The number of rotatable bonds is 1. The molecule has 0 amide bonds. The van der Waals surface area contributed by atoms with E-state index < -0.39 is 23.1 Å². The molecule has 1 heterocycles. The molecule has 0 spiro atoms. The summed E-state index contributed by atoms with van der Waals surface area (Å²) in [7, 11) is 0. The van der Waals surface area contributed by atoms with Crippen molar-refractivity contribution in [2.45, 2.75) is 6.43 Å². The average molecular weight is 185 g/mol. The normalized spacial score (nSPS) is 10.0. The first-order valence-electron chi connectivity index (χ1n) is 3.27. The molecular formula is C7H5F2N3O. The largest absolute Gasteiger partial charge is 0.394 e. The van der Waals surface area contributed by atoms with Crippen molar-refractivity contribution in [3.05, 3.63) is 27.7 Å².